The van der Waals surface area contributed by atoms with Gasteiger partial charge in [-0.25, -0.2) is 0 Å². The minimum absolute atomic E-state index is 0.191. The second kappa shape index (κ2) is 5.51. The summed E-state index contributed by atoms with van der Waals surface area (Å²) < 4.78 is 2.09. The monoisotopic (exact) mass is 283 g/mol. The molecule has 100 valence electrons. The lowest BCUT2D eigenvalue weighted by Gasteiger charge is -2.10. The molecule has 1 aliphatic carbocycles. The van der Waals surface area contributed by atoms with Crippen LogP contribution in [0.4, 0.5) is 0 Å². The summed E-state index contributed by atoms with van der Waals surface area (Å²) in [6, 6.07) is 11.6. The van der Waals surface area contributed by atoms with E-state index in [-0.39, 0.29) is 5.56 Å². The van der Waals surface area contributed by atoms with Crippen molar-refractivity contribution in [2.75, 3.05) is 0 Å². The quantitative estimate of drug-likeness (QED) is 0.639. The van der Waals surface area contributed by atoms with Crippen LogP contribution in [0.25, 0.3) is 0 Å². The van der Waals surface area contributed by atoms with E-state index in [0.29, 0.717) is 11.6 Å². The number of benzene rings is 1. The Morgan fingerprint density at radius 2 is 2.05 bits per heavy atom. The summed E-state index contributed by atoms with van der Waals surface area (Å²) in [4.78, 5) is 15.5. The first-order chi connectivity index (χ1) is 9.76. The average molecular weight is 283 g/mol. The normalized spacial score (nSPS) is 13.9. The van der Waals surface area contributed by atoms with Crippen LogP contribution in [0.2, 0.25) is 0 Å². The predicted molar refractivity (Wildman–Crippen MR) is 77.5 cm³/mol. The zero-order valence-corrected chi connectivity index (χ0v) is 11.6. The van der Waals surface area contributed by atoms with Crippen LogP contribution in [-0.2, 0) is 5.75 Å². The largest absolute Gasteiger partial charge is 0.324 e. The van der Waals surface area contributed by atoms with Crippen molar-refractivity contribution < 1.29 is 0 Å². The van der Waals surface area contributed by atoms with E-state index in [1.165, 1.54) is 6.07 Å². The van der Waals surface area contributed by atoms with E-state index < -0.39 is 0 Å². The van der Waals surface area contributed by atoms with Gasteiger partial charge in [-0.1, -0.05) is 23.9 Å². The van der Waals surface area contributed by atoms with Gasteiger partial charge in [-0.3, -0.25) is 4.79 Å². The molecule has 0 N–H and O–H groups in total. The molecule has 1 aromatic heterocycles. The summed E-state index contributed by atoms with van der Waals surface area (Å²) in [7, 11) is 0. The number of nitrogens with zero attached hydrogens (tertiary/aromatic N) is 3. The third-order valence-electron chi connectivity index (χ3n) is 3.20. The maximum atomic E-state index is 11.4. The van der Waals surface area contributed by atoms with E-state index in [9.17, 15) is 4.79 Å². The molecule has 1 saturated carbocycles. The van der Waals surface area contributed by atoms with Crippen molar-refractivity contribution in [3.8, 4) is 6.07 Å². The van der Waals surface area contributed by atoms with Gasteiger partial charge in [0.15, 0.2) is 5.16 Å². The van der Waals surface area contributed by atoms with Crippen molar-refractivity contribution in [3.05, 3.63) is 58.0 Å². The SMILES string of the molecule is N#Cc1ccc(CSc2nc(=O)ccn2C2CC2)cc1. The van der Waals surface area contributed by atoms with Crippen LogP contribution in [0, 0.1) is 11.3 Å². The molecule has 1 aromatic carbocycles. The van der Waals surface area contributed by atoms with Gasteiger partial charge >= 0.3 is 0 Å². The fraction of sp³-hybridized carbons (Fsp3) is 0.267. The Hall–Kier alpha value is -2.06. The zero-order chi connectivity index (χ0) is 13.9. The molecule has 2 aromatic rings. The third kappa shape index (κ3) is 2.91. The molecular formula is C15H13N3OS. The standard InChI is InChI=1S/C15H13N3OS/c16-9-11-1-3-12(4-2-11)10-20-15-17-14(19)7-8-18(15)13-5-6-13/h1-4,7-8,13H,5-6,10H2. The Labute approximate surface area is 121 Å². The van der Waals surface area contributed by atoms with Crippen molar-refractivity contribution >= 4 is 11.8 Å². The molecule has 1 fully saturated rings. The van der Waals surface area contributed by atoms with Gasteiger partial charge in [0.05, 0.1) is 11.6 Å². The summed E-state index contributed by atoms with van der Waals surface area (Å²) in [5.74, 6) is 0.745. The average Bonchev–Trinajstić information content (AvgIpc) is 3.30. The lowest BCUT2D eigenvalue weighted by molar-refractivity contribution is 0.624. The molecule has 0 amide bonds. The Morgan fingerprint density at radius 1 is 1.30 bits per heavy atom. The van der Waals surface area contributed by atoms with Crippen molar-refractivity contribution in [3.63, 3.8) is 0 Å². The van der Waals surface area contributed by atoms with Crippen molar-refractivity contribution in [1.82, 2.24) is 9.55 Å². The highest BCUT2D eigenvalue weighted by Crippen LogP contribution is 2.37. The van der Waals surface area contributed by atoms with Crippen molar-refractivity contribution in [1.29, 1.82) is 5.26 Å². The molecule has 0 spiro atoms. The molecule has 0 saturated heterocycles. The molecule has 0 bridgehead atoms. The highest BCUT2D eigenvalue weighted by atomic mass is 32.2. The Bertz CT molecular complexity index is 711. The van der Waals surface area contributed by atoms with Crippen molar-refractivity contribution in [2.24, 2.45) is 0 Å². The van der Waals surface area contributed by atoms with Gasteiger partial charge in [-0.2, -0.15) is 10.2 Å². The smallest absolute Gasteiger partial charge is 0.273 e. The molecule has 3 rings (SSSR count). The second-order valence-corrected chi connectivity index (χ2v) is 5.73. The maximum absolute atomic E-state index is 11.4. The third-order valence-corrected chi connectivity index (χ3v) is 4.23. The second-order valence-electron chi connectivity index (χ2n) is 4.78. The minimum atomic E-state index is -0.191. The predicted octanol–water partition coefficient (Wildman–Crippen LogP) is 2.74. The van der Waals surface area contributed by atoms with E-state index in [2.05, 4.69) is 15.6 Å². The van der Waals surface area contributed by atoms with Gasteiger partial charge in [0.2, 0.25) is 0 Å². The zero-order valence-electron chi connectivity index (χ0n) is 10.8. The Kier molecular flexibility index (Phi) is 3.57. The van der Waals surface area contributed by atoms with Crippen LogP contribution in [0.1, 0.15) is 30.0 Å². The first-order valence-electron chi connectivity index (χ1n) is 6.47. The van der Waals surface area contributed by atoms with Gasteiger partial charge < -0.3 is 4.57 Å². The van der Waals surface area contributed by atoms with E-state index in [1.807, 2.05) is 30.5 Å². The summed E-state index contributed by atoms with van der Waals surface area (Å²) in [5, 5.41) is 9.55. The molecule has 0 unspecified atom stereocenters. The molecule has 0 aliphatic heterocycles. The summed E-state index contributed by atoms with van der Waals surface area (Å²) in [6.45, 7) is 0. The van der Waals surface area contributed by atoms with E-state index in [0.717, 1.165) is 29.3 Å². The number of rotatable bonds is 4. The molecule has 1 heterocycles. The Morgan fingerprint density at radius 3 is 2.70 bits per heavy atom. The van der Waals surface area contributed by atoms with Gasteiger partial charge in [0, 0.05) is 24.1 Å². The number of thioether (sulfide) groups is 1. The lowest BCUT2D eigenvalue weighted by atomic mass is 10.2. The molecule has 4 nitrogen and oxygen atoms in total. The van der Waals surface area contributed by atoms with E-state index >= 15 is 0 Å². The van der Waals surface area contributed by atoms with E-state index in [1.54, 1.807) is 11.8 Å². The lowest BCUT2D eigenvalue weighted by Crippen LogP contribution is -2.12. The van der Waals surface area contributed by atoms with Gasteiger partial charge in [-0.05, 0) is 30.5 Å². The van der Waals surface area contributed by atoms with Gasteiger partial charge in [-0.15, -0.1) is 0 Å². The van der Waals surface area contributed by atoms with Crippen LogP contribution in [0.15, 0.2) is 46.5 Å². The van der Waals surface area contributed by atoms with Crippen LogP contribution in [-0.4, -0.2) is 9.55 Å². The molecule has 5 heteroatoms. The summed E-state index contributed by atoms with van der Waals surface area (Å²) in [6.07, 6.45) is 4.16. The summed E-state index contributed by atoms with van der Waals surface area (Å²) in [5.41, 5.74) is 1.59. The highest BCUT2D eigenvalue weighted by Gasteiger charge is 2.25. The van der Waals surface area contributed by atoms with Crippen LogP contribution < -0.4 is 5.56 Å². The fourth-order valence-electron chi connectivity index (χ4n) is 1.96. The molecule has 20 heavy (non-hydrogen) atoms. The topological polar surface area (TPSA) is 58.7 Å². The van der Waals surface area contributed by atoms with Crippen LogP contribution >= 0.6 is 11.8 Å². The first-order valence-corrected chi connectivity index (χ1v) is 7.46. The molecule has 0 atom stereocenters. The Balaban J connectivity index is 1.75. The summed E-state index contributed by atoms with van der Waals surface area (Å²) >= 11 is 1.57. The van der Waals surface area contributed by atoms with Crippen LogP contribution in [0.5, 0.6) is 0 Å². The van der Waals surface area contributed by atoms with Gasteiger partial charge in [0.1, 0.15) is 0 Å². The molecule has 0 radical (unpaired) electrons. The number of aromatic nitrogens is 2. The number of hydrogen-bond donors (Lipinski definition) is 0. The number of hydrogen-bond acceptors (Lipinski definition) is 4. The molecular weight excluding hydrogens is 270 g/mol. The molecule has 1 aliphatic rings. The van der Waals surface area contributed by atoms with E-state index in [4.69, 9.17) is 5.26 Å². The van der Waals surface area contributed by atoms with Gasteiger partial charge in [0.25, 0.3) is 5.56 Å². The minimum Gasteiger partial charge on any atom is -0.324 e. The van der Waals surface area contributed by atoms with Crippen molar-refractivity contribution in [2.45, 2.75) is 29.8 Å². The first kappa shape index (κ1) is 12.9. The highest BCUT2D eigenvalue weighted by molar-refractivity contribution is 7.98. The fourth-order valence-corrected chi connectivity index (χ4v) is 2.96. The maximum Gasteiger partial charge on any atom is 0.273 e. The number of nitriles is 1. The van der Waals surface area contributed by atoms with Crippen LogP contribution in [0.3, 0.4) is 0 Å².